The van der Waals surface area contributed by atoms with Crippen molar-refractivity contribution in [2.24, 2.45) is 0 Å². The first-order chi connectivity index (χ1) is 11.3. The number of aromatic nitrogens is 1. The molecule has 0 aliphatic rings. The molecular weight excluding hydrogens is 284 g/mol. The third-order valence-corrected chi connectivity index (χ3v) is 3.65. The Balaban J connectivity index is 1.89. The molecule has 1 aromatic heterocycles. The van der Waals surface area contributed by atoms with Gasteiger partial charge in [0.05, 0.1) is 11.8 Å². The highest BCUT2D eigenvalue weighted by Gasteiger charge is 2.18. The van der Waals surface area contributed by atoms with Crippen molar-refractivity contribution in [1.82, 2.24) is 4.98 Å². The lowest BCUT2D eigenvalue weighted by molar-refractivity contribution is -0.114. The fourth-order valence-corrected chi connectivity index (χ4v) is 2.49. The Morgan fingerprint density at radius 1 is 1.04 bits per heavy atom. The predicted molar refractivity (Wildman–Crippen MR) is 90.6 cm³/mol. The summed E-state index contributed by atoms with van der Waals surface area (Å²) in [5.74, 6) is -1.14. The van der Waals surface area contributed by atoms with E-state index in [0.29, 0.717) is 5.69 Å². The fourth-order valence-electron chi connectivity index (χ4n) is 2.49. The van der Waals surface area contributed by atoms with Crippen LogP contribution in [0.15, 0.2) is 72.9 Å². The number of rotatable bonds is 4. The number of fused-ring (bicyclic) bond motifs is 1. The van der Waals surface area contributed by atoms with Crippen LogP contribution in [-0.4, -0.2) is 10.8 Å². The van der Waals surface area contributed by atoms with Gasteiger partial charge < -0.3 is 0 Å². The molecule has 3 nitrogen and oxygen atoms in total. The Hall–Kier alpha value is -3.25. The number of ketones is 1. The highest BCUT2D eigenvalue weighted by atomic mass is 16.1. The van der Waals surface area contributed by atoms with Gasteiger partial charge in [-0.25, -0.2) is 0 Å². The predicted octanol–water partition coefficient (Wildman–Crippen LogP) is 4.12. The summed E-state index contributed by atoms with van der Waals surface area (Å²) in [6, 6.07) is 21.2. The molecule has 0 radical (unpaired) electrons. The van der Waals surface area contributed by atoms with Crippen molar-refractivity contribution >= 4 is 22.6 Å². The zero-order chi connectivity index (χ0) is 16.1. The highest BCUT2D eigenvalue weighted by Crippen LogP contribution is 2.20. The summed E-state index contributed by atoms with van der Waals surface area (Å²) in [4.78, 5) is 16.4. The largest absolute Gasteiger partial charge is 0.293 e. The molecule has 110 valence electrons. The van der Waals surface area contributed by atoms with Crippen LogP contribution in [0.3, 0.4) is 0 Å². The first-order valence-electron chi connectivity index (χ1n) is 7.30. The molecule has 1 atom stereocenters. The lowest BCUT2D eigenvalue weighted by Crippen LogP contribution is -2.09. The van der Waals surface area contributed by atoms with E-state index < -0.39 is 5.92 Å². The molecule has 0 N–H and O–H groups in total. The number of benzene rings is 2. The monoisotopic (exact) mass is 298 g/mol. The van der Waals surface area contributed by atoms with E-state index in [1.807, 2.05) is 48.5 Å². The third-order valence-electron chi connectivity index (χ3n) is 3.65. The van der Waals surface area contributed by atoms with E-state index in [4.69, 9.17) is 0 Å². The van der Waals surface area contributed by atoms with Crippen molar-refractivity contribution in [2.45, 2.75) is 5.92 Å². The van der Waals surface area contributed by atoms with Crippen LogP contribution < -0.4 is 0 Å². The Morgan fingerprint density at radius 3 is 2.61 bits per heavy atom. The third kappa shape index (κ3) is 3.17. The topological polar surface area (TPSA) is 53.8 Å². The Labute approximate surface area is 134 Å². The summed E-state index contributed by atoms with van der Waals surface area (Å²) in [6.45, 7) is 0. The molecule has 0 saturated carbocycles. The van der Waals surface area contributed by atoms with Crippen LogP contribution in [0.4, 0.5) is 0 Å². The highest BCUT2D eigenvalue weighted by molar-refractivity contribution is 6.02. The van der Waals surface area contributed by atoms with Gasteiger partial charge in [0, 0.05) is 6.20 Å². The van der Waals surface area contributed by atoms with Crippen LogP contribution in [0.1, 0.15) is 17.2 Å². The summed E-state index contributed by atoms with van der Waals surface area (Å²) in [7, 11) is 0. The molecule has 23 heavy (non-hydrogen) atoms. The first-order valence-corrected chi connectivity index (χ1v) is 7.30. The van der Waals surface area contributed by atoms with Crippen molar-refractivity contribution in [3.05, 3.63) is 84.2 Å². The number of pyridine rings is 1. The summed E-state index contributed by atoms with van der Waals surface area (Å²) in [5, 5.41) is 11.5. The number of nitriles is 1. The number of allylic oxidation sites excluding steroid dienone is 1. The molecule has 0 saturated heterocycles. The first kappa shape index (κ1) is 14.7. The smallest absolute Gasteiger partial charge is 0.178 e. The van der Waals surface area contributed by atoms with Gasteiger partial charge in [0.1, 0.15) is 0 Å². The SMILES string of the molecule is N#CC(C(=O)/C=C/c1cccc2ccccc12)c1ccccn1. The second-order valence-electron chi connectivity index (χ2n) is 5.12. The summed E-state index contributed by atoms with van der Waals surface area (Å²) in [5.41, 5.74) is 1.43. The van der Waals surface area contributed by atoms with Crippen LogP contribution >= 0.6 is 0 Å². The van der Waals surface area contributed by atoms with Gasteiger partial charge in [-0.15, -0.1) is 0 Å². The number of hydrogen-bond donors (Lipinski definition) is 0. The van der Waals surface area contributed by atoms with Gasteiger partial charge in [0.25, 0.3) is 0 Å². The van der Waals surface area contributed by atoms with Crippen LogP contribution in [-0.2, 0) is 4.79 Å². The van der Waals surface area contributed by atoms with E-state index in [2.05, 4.69) is 4.98 Å². The van der Waals surface area contributed by atoms with Crippen LogP contribution in [0.5, 0.6) is 0 Å². The van der Waals surface area contributed by atoms with Crippen LogP contribution in [0.2, 0.25) is 0 Å². The second kappa shape index (κ2) is 6.67. The molecule has 0 fully saturated rings. The zero-order valence-electron chi connectivity index (χ0n) is 12.4. The normalized spacial score (nSPS) is 12.1. The molecule has 1 unspecified atom stereocenters. The zero-order valence-corrected chi connectivity index (χ0v) is 12.4. The maximum atomic E-state index is 12.3. The van der Waals surface area contributed by atoms with Crippen molar-refractivity contribution in [3.8, 4) is 6.07 Å². The molecule has 0 aliphatic heterocycles. The Morgan fingerprint density at radius 2 is 1.83 bits per heavy atom. The van der Waals surface area contributed by atoms with Gasteiger partial charge in [0.2, 0.25) is 0 Å². The number of nitrogens with zero attached hydrogens (tertiary/aromatic N) is 2. The van der Waals surface area contributed by atoms with Gasteiger partial charge in [-0.1, -0.05) is 54.6 Å². The van der Waals surface area contributed by atoms with E-state index >= 15 is 0 Å². The van der Waals surface area contributed by atoms with E-state index in [0.717, 1.165) is 16.3 Å². The minimum atomic E-state index is -0.873. The lowest BCUT2D eigenvalue weighted by atomic mass is 9.99. The van der Waals surface area contributed by atoms with Gasteiger partial charge in [-0.3, -0.25) is 9.78 Å². The number of carbonyl (C=O) groups is 1. The van der Waals surface area contributed by atoms with Crippen molar-refractivity contribution in [1.29, 1.82) is 5.26 Å². The van der Waals surface area contributed by atoms with Gasteiger partial charge in [0.15, 0.2) is 11.7 Å². The van der Waals surface area contributed by atoms with Crippen LogP contribution in [0, 0.1) is 11.3 Å². The van der Waals surface area contributed by atoms with Crippen molar-refractivity contribution < 1.29 is 4.79 Å². The maximum absolute atomic E-state index is 12.3. The molecular formula is C20H14N2O. The molecule has 0 spiro atoms. The molecule has 3 heteroatoms. The van der Waals surface area contributed by atoms with Gasteiger partial charge in [-0.2, -0.15) is 5.26 Å². The Bertz CT molecular complexity index is 902. The summed E-state index contributed by atoms with van der Waals surface area (Å²) in [6.07, 6.45) is 4.81. The molecule has 1 heterocycles. The average molecular weight is 298 g/mol. The molecule has 0 amide bonds. The standard InChI is InChI=1S/C20H14N2O/c21-14-18(19-10-3-4-13-22-19)20(23)12-11-16-8-5-7-15-6-1-2-9-17(15)16/h1-13,18H/b12-11+. The van der Waals surface area contributed by atoms with Crippen LogP contribution in [0.25, 0.3) is 16.8 Å². The second-order valence-corrected chi connectivity index (χ2v) is 5.12. The van der Waals surface area contributed by atoms with Crippen molar-refractivity contribution in [2.75, 3.05) is 0 Å². The number of carbonyl (C=O) groups excluding carboxylic acids is 1. The van der Waals surface area contributed by atoms with E-state index in [1.54, 1.807) is 30.5 Å². The summed E-state index contributed by atoms with van der Waals surface area (Å²) >= 11 is 0. The molecule has 3 aromatic rings. The van der Waals surface area contributed by atoms with Gasteiger partial charge >= 0.3 is 0 Å². The molecule has 0 aliphatic carbocycles. The molecule has 3 rings (SSSR count). The van der Waals surface area contributed by atoms with E-state index in [1.165, 1.54) is 6.08 Å². The molecule has 0 bridgehead atoms. The van der Waals surface area contributed by atoms with E-state index in [9.17, 15) is 10.1 Å². The maximum Gasteiger partial charge on any atom is 0.178 e. The fraction of sp³-hybridized carbons (Fsp3) is 0.0500. The van der Waals surface area contributed by atoms with Gasteiger partial charge in [-0.05, 0) is 34.5 Å². The minimum Gasteiger partial charge on any atom is -0.293 e. The average Bonchev–Trinajstić information content (AvgIpc) is 2.61. The van der Waals surface area contributed by atoms with E-state index in [-0.39, 0.29) is 5.78 Å². The number of hydrogen-bond acceptors (Lipinski definition) is 3. The lowest BCUT2D eigenvalue weighted by Gasteiger charge is -2.04. The minimum absolute atomic E-state index is 0.265. The van der Waals surface area contributed by atoms with Crippen molar-refractivity contribution in [3.63, 3.8) is 0 Å². The Kier molecular flexibility index (Phi) is 4.26. The molecule has 2 aromatic carbocycles. The summed E-state index contributed by atoms with van der Waals surface area (Å²) < 4.78 is 0. The quantitative estimate of drug-likeness (QED) is 0.681.